The summed E-state index contributed by atoms with van der Waals surface area (Å²) in [6, 6.07) is 22.5. The van der Waals surface area contributed by atoms with Crippen molar-refractivity contribution >= 4 is 27.5 Å². The predicted molar refractivity (Wildman–Crippen MR) is 154 cm³/mol. The van der Waals surface area contributed by atoms with E-state index in [0.29, 0.717) is 23.6 Å². The van der Waals surface area contributed by atoms with Crippen molar-refractivity contribution in [3.63, 3.8) is 0 Å². The van der Waals surface area contributed by atoms with Crippen molar-refractivity contribution in [2.24, 2.45) is 0 Å². The molecule has 2 amide bonds. The lowest BCUT2D eigenvalue weighted by Crippen LogP contribution is -2.53. The van der Waals surface area contributed by atoms with Crippen LogP contribution >= 0.6 is 0 Å². The third kappa shape index (κ3) is 8.32. The van der Waals surface area contributed by atoms with Gasteiger partial charge in [-0.2, -0.15) is 0 Å². The maximum atomic E-state index is 13.8. The summed E-state index contributed by atoms with van der Waals surface area (Å²) in [5.74, 6) is 0.432. The van der Waals surface area contributed by atoms with E-state index in [-0.39, 0.29) is 18.5 Å². The number of benzene rings is 3. The molecule has 3 rings (SSSR count). The minimum Gasteiger partial charge on any atom is -0.457 e. The van der Waals surface area contributed by atoms with E-state index in [4.69, 9.17) is 4.74 Å². The molecule has 0 aliphatic carbocycles. The Kier molecular flexibility index (Phi) is 10.1. The Hall–Kier alpha value is -3.85. The first-order valence-corrected chi connectivity index (χ1v) is 14.8. The topological polar surface area (TPSA) is 96.0 Å². The van der Waals surface area contributed by atoms with E-state index in [1.54, 1.807) is 24.3 Å². The maximum absolute atomic E-state index is 13.8. The number of nitrogens with one attached hydrogen (secondary N) is 1. The highest BCUT2D eigenvalue weighted by atomic mass is 32.2. The van der Waals surface area contributed by atoms with E-state index in [0.717, 1.165) is 21.7 Å². The Bertz CT molecular complexity index is 1360. The lowest BCUT2D eigenvalue weighted by atomic mass is 10.1. The van der Waals surface area contributed by atoms with Gasteiger partial charge in [0.1, 0.15) is 24.1 Å². The summed E-state index contributed by atoms with van der Waals surface area (Å²) >= 11 is 0. The molecular formula is C30H37N3O5S. The second-order valence-corrected chi connectivity index (χ2v) is 11.6. The van der Waals surface area contributed by atoms with Crippen LogP contribution in [0.3, 0.4) is 0 Å². The third-order valence-corrected chi connectivity index (χ3v) is 7.34. The standard InChI is InChI=1S/C30H37N3O5S/c1-6-28(30(35)31-22(2)3)32(20-24-13-11-10-12-23(24)4)29(34)21-33(39(5,36)37)25-16-18-27(19-17-25)38-26-14-8-7-9-15-26/h7-19,22,28H,6,20-21H2,1-5H3,(H,31,35)/t28-/m0/s1. The Morgan fingerprint density at radius 1 is 0.897 bits per heavy atom. The van der Waals surface area contributed by atoms with Gasteiger partial charge in [0.25, 0.3) is 0 Å². The molecular weight excluding hydrogens is 514 g/mol. The van der Waals surface area contributed by atoms with Crippen LogP contribution in [0.5, 0.6) is 11.5 Å². The van der Waals surface area contributed by atoms with Crippen molar-refractivity contribution in [1.29, 1.82) is 0 Å². The lowest BCUT2D eigenvalue weighted by molar-refractivity contribution is -0.140. The predicted octanol–water partition coefficient (Wildman–Crippen LogP) is 4.89. The van der Waals surface area contributed by atoms with E-state index < -0.39 is 28.5 Å². The molecule has 0 spiro atoms. The van der Waals surface area contributed by atoms with Gasteiger partial charge in [-0.1, -0.05) is 49.4 Å². The maximum Gasteiger partial charge on any atom is 0.244 e. The molecule has 0 unspecified atom stereocenters. The van der Waals surface area contributed by atoms with Gasteiger partial charge in [0.2, 0.25) is 21.8 Å². The van der Waals surface area contributed by atoms with Crippen molar-refractivity contribution in [1.82, 2.24) is 10.2 Å². The number of rotatable bonds is 12. The average Bonchev–Trinajstić information content (AvgIpc) is 2.88. The van der Waals surface area contributed by atoms with Crippen LogP contribution in [0.25, 0.3) is 0 Å². The van der Waals surface area contributed by atoms with Gasteiger partial charge in [0.05, 0.1) is 11.9 Å². The smallest absolute Gasteiger partial charge is 0.244 e. The molecule has 3 aromatic rings. The van der Waals surface area contributed by atoms with Crippen LogP contribution in [0.4, 0.5) is 5.69 Å². The minimum atomic E-state index is -3.83. The number of nitrogens with zero attached hydrogens (tertiary/aromatic N) is 2. The molecule has 0 fully saturated rings. The van der Waals surface area contributed by atoms with E-state index in [1.807, 2.05) is 82.3 Å². The van der Waals surface area contributed by atoms with Crippen LogP contribution in [-0.4, -0.2) is 50.0 Å². The SMILES string of the molecule is CC[C@@H](C(=O)NC(C)C)N(Cc1ccccc1C)C(=O)CN(c1ccc(Oc2ccccc2)cc1)S(C)(=O)=O. The molecule has 1 N–H and O–H groups in total. The summed E-state index contributed by atoms with van der Waals surface area (Å²) in [5, 5.41) is 2.89. The van der Waals surface area contributed by atoms with Crippen LogP contribution in [0.1, 0.15) is 38.3 Å². The normalized spacial score (nSPS) is 12.1. The molecule has 9 heteroatoms. The molecule has 208 valence electrons. The fraction of sp³-hybridized carbons (Fsp3) is 0.333. The molecule has 39 heavy (non-hydrogen) atoms. The number of anilines is 1. The molecule has 0 heterocycles. The van der Waals surface area contributed by atoms with Gasteiger partial charge in [-0.3, -0.25) is 13.9 Å². The van der Waals surface area contributed by atoms with Gasteiger partial charge in [-0.05, 0) is 74.7 Å². The van der Waals surface area contributed by atoms with E-state index >= 15 is 0 Å². The van der Waals surface area contributed by atoms with E-state index in [9.17, 15) is 18.0 Å². The van der Waals surface area contributed by atoms with Crippen LogP contribution in [-0.2, 0) is 26.2 Å². The Balaban J connectivity index is 1.90. The van der Waals surface area contributed by atoms with Gasteiger partial charge in [-0.25, -0.2) is 8.42 Å². The second kappa shape index (κ2) is 13.3. The van der Waals surface area contributed by atoms with Crippen molar-refractivity contribution in [2.45, 2.75) is 52.7 Å². The lowest BCUT2D eigenvalue weighted by Gasteiger charge is -2.33. The summed E-state index contributed by atoms with van der Waals surface area (Å²) < 4.78 is 32.6. The van der Waals surface area contributed by atoms with Crippen LogP contribution in [0, 0.1) is 6.92 Å². The molecule has 1 atom stereocenters. The first-order valence-electron chi connectivity index (χ1n) is 12.9. The van der Waals surface area contributed by atoms with Crippen molar-refractivity contribution in [3.8, 4) is 11.5 Å². The van der Waals surface area contributed by atoms with Gasteiger partial charge < -0.3 is 15.0 Å². The van der Waals surface area contributed by atoms with Crippen LogP contribution in [0.15, 0.2) is 78.9 Å². The quantitative estimate of drug-likeness (QED) is 0.346. The molecule has 0 saturated carbocycles. The number of hydrogen-bond donors (Lipinski definition) is 1. The number of amides is 2. The highest BCUT2D eigenvalue weighted by Gasteiger charge is 2.32. The highest BCUT2D eigenvalue weighted by Crippen LogP contribution is 2.26. The van der Waals surface area contributed by atoms with Crippen molar-refractivity contribution < 1.29 is 22.7 Å². The Labute approximate surface area is 231 Å². The Morgan fingerprint density at radius 2 is 1.49 bits per heavy atom. The number of ether oxygens (including phenoxy) is 1. The number of para-hydroxylation sites is 1. The molecule has 0 aliphatic rings. The van der Waals surface area contributed by atoms with Crippen molar-refractivity contribution in [3.05, 3.63) is 90.0 Å². The van der Waals surface area contributed by atoms with Crippen LogP contribution < -0.4 is 14.4 Å². The summed E-state index contributed by atoms with van der Waals surface area (Å²) in [6.07, 6.45) is 1.43. The zero-order chi connectivity index (χ0) is 28.6. The molecule has 3 aromatic carbocycles. The first kappa shape index (κ1) is 29.7. The number of aryl methyl sites for hydroxylation is 1. The van der Waals surface area contributed by atoms with Crippen molar-refractivity contribution in [2.75, 3.05) is 17.1 Å². The summed E-state index contributed by atoms with van der Waals surface area (Å²) in [4.78, 5) is 28.4. The summed E-state index contributed by atoms with van der Waals surface area (Å²) in [7, 11) is -3.83. The van der Waals surface area contributed by atoms with Crippen LogP contribution in [0.2, 0.25) is 0 Å². The average molecular weight is 552 g/mol. The molecule has 0 saturated heterocycles. The summed E-state index contributed by atoms with van der Waals surface area (Å²) in [6.45, 7) is 7.22. The fourth-order valence-electron chi connectivity index (χ4n) is 4.19. The first-order chi connectivity index (χ1) is 18.5. The fourth-order valence-corrected chi connectivity index (χ4v) is 5.04. The number of carbonyl (C=O) groups is 2. The molecule has 0 aromatic heterocycles. The largest absolute Gasteiger partial charge is 0.457 e. The molecule has 0 radical (unpaired) electrons. The number of sulfonamides is 1. The second-order valence-electron chi connectivity index (χ2n) is 9.71. The van der Waals surface area contributed by atoms with E-state index in [2.05, 4.69) is 5.32 Å². The monoisotopic (exact) mass is 551 g/mol. The zero-order valence-electron chi connectivity index (χ0n) is 23.1. The molecule has 0 aliphatic heterocycles. The third-order valence-electron chi connectivity index (χ3n) is 6.20. The zero-order valence-corrected chi connectivity index (χ0v) is 23.9. The van der Waals surface area contributed by atoms with Gasteiger partial charge in [0.15, 0.2) is 0 Å². The molecule has 0 bridgehead atoms. The number of carbonyl (C=O) groups excluding carboxylic acids is 2. The number of hydrogen-bond acceptors (Lipinski definition) is 5. The van der Waals surface area contributed by atoms with Gasteiger partial charge in [0, 0.05) is 12.6 Å². The highest BCUT2D eigenvalue weighted by molar-refractivity contribution is 7.92. The Morgan fingerprint density at radius 3 is 2.05 bits per heavy atom. The van der Waals surface area contributed by atoms with Gasteiger partial charge in [-0.15, -0.1) is 0 Å². The minimum absolute atomic E-state index is 0.105. The molecule has 8 nitrogen and oxygen atoms in total. The summed E-state index contributed by atoms with van der Waals surface area (Å²) in [5.41, 5.74) is 2.18. The van der Waals surface area contributed by atoms with E-state index in [1.165, 1.54) is 4.90 Å². The van der Waals surface area contributed by atoms with Gasteiger partial charge >= 0.3 is 0 Å².